The van der Waals surface area contributed by atoms with E-state index in [9.17, 15) is 8.96 Å². The lowest BCUT2D eigenvalue weighted by atomic mass is 9.98. The molecule has 0 N–H and O–H groups in total. The summed E-state index contributed by atoms with van der Waals surface area (Å²) in [6.07, 6.45) is 7.20. The Morgan fingerprint density at radius 1 is 1.05 bits per heavy atom. The summed E-state index contributed by atoms with van der Waals surface area (Å²) in [6, 6.07) is 0. The van der Waals surface area contributed by atoms with Crippen molar-refractivity contribution in [2.75, 3.05) is 6.61 Å². The zero-order chi connectivity index (χ0) is 13.7. The van der Waals surface area contributed by atoms with Gasteiger partial charge in [0.2, 0.25) is 0 Å². The molecule has 3 atom stereocenters. The molecule has 112 valence electrons. The van der Waals surface area contributed by atoms with E-state index in [1.54, 1.807) is 6.92 Å². The average molecular weight is 292 g/mol. The topological polar surface area (TPSA) is 35.5 Å². The van der Waals surface area contributed by atoms with Crippen molar-refractivity contribution in [2.24, 2.45) is 0 Å². The van der Waals surface area contributed by atoms with Crippen LogP contribution in [0, 0.1) is 0 Å². The van der Waals surface area contributed by atoms with Crippen molar-refractivity contribution in [3.8, 4) is 0 Å². The molecular formula is C14H26FO3P. The van der Waals surface area contributed by atoms with Gasteiger partial charge < -0.3 is 9.05 Å². The molecule has 3 unspecified atom stereocenters. The lowest BCUT2D eigenvalue weighted by Crippen LogP contribution is -2.30. The Morgan fingerprint density at radius 2 is 1.68 bits per heavy atom. The third-order valence-electron chi connectivity index (χ3n) is 4.21. The van der Waals surface area contributed by atoms with E-state index in [1.165, 1.54) is 6.42 Å². The van der Waals surface area contributed by atoms with Crippen LogP contribution in [-0.4, -0.2) is 24.5 Å². The second-order valence-electron chi connectivity index (χ2n) is 5.69. The highest BCUT2D eigenvalue weighted by Crippen LogP contribution is 2.59. The highest BCUT2D eigenvalue weighted by atomic mass is 31.2. The van der Waals surface area contributed by atoms with Crippen LogP contribution in [-0.2, 0) is 13.6 Å². The maximum Gasteiger partial charge on any atom is 0.336 e. The lowest BCUT2D eigenvalue weighted by Gasteiger charge is -2.35. The van der Waals surface area contributed by atoms with E-state index in [0.29, 0.717) is 19.4 Å². The summed E-state index contributed by atoms with van der Waals surface area (Å²) in [7, 11) is -3.29. The Morgan fingerprint density at radius 3 is 2.32 bits per heavy atom. The molecule has 19 heavy (non-hydrogen) atoms. The van der Waals surface area contributed by atoms with E-state index >= 15 is 0 Å². The van der Waals surface area contributed by atoms with E-state index in [4.69, 9.17) is 9.05 Å². The molecule has 3 nitrogen and oxygen atoms in total. The van der Waals surface area contributed by atoms with Crippen LogP contribution in [0.1, 0.15) is 64.7 Å². The van der Waals surface area contributed by atoms with Crippen molar-refractivity contribution in [1.82, 2.24) is 0 Å². The number of alkyl halides is 1. The Balaban J connectivity index is 2.04. The summed E-state index contributed by atoms with van der Waals surface area (Å²) in [4.78, 5) is 0. The number of halogens is 1. The van der Waals surface area contributed by atoms with Crippen LogP contribution < -0.4 is 0 Å². The quantitative estimate of drug-likeness (QED) is 0.680. The van der Waals surface area contributed by atoms with Gasteiger partial charge in [0.15, 0.2) is 0 Å². The van der Waals surface area contributed by atoms with Crippen LogP contribution in [0.15, 0.2) is 0 Å². The SMILES string of the molecule is CCOP(=O)(OC1CCCCC1)C1CCCCC1F. The van der Waals surface area contributed by atoms with Crippen LogP contribution >= 0.6 is 7.60 Å². The molecule has 0 aromatic carbocycles. The van der Waals surface area contributed by atoms with Crippen molar-refractivity contribution in [1.29, 1.82) is 0 Å². The standard InChI is InChI=1S/C14H26FO3P/c1-2-17-19(16,14-11-7-6-10-13(14)15)18-12-8-4-3-5-9-12/h12-14H,2-11H2,1H3. The first-order valence-electron chi connectivity index (χ1n) is 7.72. The van der Waals surface area contributed by atoms with Gasteiger partial charge in [0.25, 0.3) is 0 Å². The average Bonchev–Trinajstić information content (AvgIpc) is 2.40. The highest BCUT2D eigenvalue weighted by Gasteiger charge is 2.44. The molecule has 2 aliphatic rings. The van der Waals surface area contributed by atoms with Gasteiger partial charge in [-0.25, -0.2) is 4.39 Å². The van der Waals surface area contributed by atoms with Gasteiger partial charge >= 0.3 is 7.60 Å². The van der Waals surface area contributed by atoms with Crippen LogP contribution in [0.3, 0.4) is 0 Å². The van der Waals surface area contributed by atoms with Crippen molar-refractivity contribution in [2.45, 2.75) is 82.6 Å². The second kappa shape index (κ2) is 7.19. The zero-order valence-corrected chi connectivity index (χ0v) is 12.7. The largest absolute Gasteiger partial charge is 0.336 e. The van der Waals surface area contributed by atoms with Gasteiger partial charge in [-0.15, -0.1) is 0 Å². The molecule has 5 heteroatoms. The number of hydrogen-bond donors (Lipinski definition) is 0. The third-order valence-corrected chi connectivity index (χ3v) is 6.81. The molecule has 0 aliphatic heterocycles. The summed E-state index contributed by atoms with van der Waals surface area (Å²) in [5, 5.41) is 0. The minimum Gasteiger partial charge on any atom is -0.309 e. The first-order chi connectivity index (χ1) is 9.15. The Hall–Kier alpha value is 0.0800. The van der Waals surface area contributed by atoms with Gasteiger partial charge in [0.05, 0.1) is 18.4 Å². The molecule has 0 bridgehead atoms. The van der Waals surface area contributed by atoms with Gasteiger partial charge in [-0.2, -0.15) is 0 Å². The molecule has 2 fully saturated rings. The van der Waals surface area contributed by atoms with Gasteiger partial charge in [0.1, 0.15) is 6.17 Å². The summed E-state index contributed by atoms with van der Waals surface area (Å²) in [5.74, 6) is 0. The minimum absolute atomic E-state index is 0.000241. The smallest absolute Gasteiger partial charge is 0.309 e. The van der Waals surface area contributed by atoms with Crippen LogP contribution in [0.4, 0.5) is 4.39 Å². The Kier molecular flexibility index (Phi) is 5.86. The van der Waals surface area contributed by atoms with Crippen LogP contribution in [0.5, 0.6) is 0 Å². The van der Waals surface area contributed by atoms with Gasteiger partial charge in [-0.3, -0.25) is 4.57 Å². The second-order valence-corrected chi connectivity index (χ2v) is 7.90. The van der Waals surface area contributed by atoms with Crippen LogP contribution in [0.2, 0.25) is 0 Å². The van der Waals surface area contributed by atoms with E-state index in [2.05, 4.69) is 0 Å². The van der Waals surface area contributed by atoms with Gasteiger partial charge in [-0.1, -0.05) is 32.1 Å². The molecule has 2 saturated carbocycles. The van der Waals surface area contributed by atoms with Gasteiger partial charge in [-0.05, 0) is 32.6 Å². The Labute approximate surface area is 115 Å². The summed E-state index contributed by atoms with van der Waals surface area (Å²) >= 11 is 0. The lowest BCUT2D eigenvalue weighted by molar-refractivity contribution is 0.103. The fraction of sp³-hybridized carbons (Fsp3) is 1.00. The molecule has 2 rings (SSSR count). The predicted molar refractivity (Wildman–Crippen MR) is 74.3 cm³/mol. The van der Waals surface area contributed by atoms with E-state index in [1.807, 2.05) is 0 Å². The molecule has 0 heterocycles. The van der Waals surface area contributed by atoms with Crippen molar-refractivity contribution >= 4 is 7.60 Å². The molecule has 0 radical (unpaired) electrons. The summed E-state index contributed by atoms with van der Waals surface area (Å²) in [6.45, 7) is 2.13. The monoisotopic (exact) mass is 292 g/mol. The van der Waals surface area contributed by atoms with Crippen LogP contribution in [0.25, 0.3) is 0 Å². The van der Waals surface area contributed by atoms with Crippen molar-refractivity contribution in [3.63, 3.8) is 0 Å². The molecule has 0 amide bonds. The summed E-state index contributed by atoms with van der Waals surface area (Å²) < 4.78 is 38.3. The predicted octanol–water partition coefficient (Wildman–Crippen LogP) is 4.85. The van der Waals surface area contributed by atoms with E-state index < -0.39 is 19.4 Å². The molecule has 0 aromatic rings. The van der Waals surface area contributed by atoms with Crippen molar-refractivity contribution in [3.05, 3.63) is 0 Å². The third kappa shape index (κ3) is 4.03. The summed E-state index contributed by atoms with van der Waals surface area (Å²) in [5.41, 5.74) is -0.539. The van der Waals surface area contributed by atoms with E-state index in [-0.39, 0.29) is 6.10 Å². The van der Waals surface area contributed by atoms with E-state index in [0.717, 1.165) is 38.5 Å². The number of rotatable bonds is 5. The normalized spacial score (nSPS) is 32.9. The fourth-order valence-electron chi connectivity index (χ4n) is 3.18. The molecule has 2 aliphatic carbocycles. The van der Waals surface area contributed by atoms with Crippen molar-refractivity contribution < 1.29 is 18.0 Å². The fourth-order valence-corrected chi connectivity index (χ4v) is 5.62. The first-order valence-corrected chi connectivity index (χ1v) is 9.33. The Bertz CT molecular complexity index is 318. The molecule has 0 saturated heterocycles. The van der Waals surface area contributed by atoms with Gasteiger partial charge in [0, 0.05) is 0 Å². The maximum atomic E-state index is 14.1. The molecule has 0 spiro atoms. The zero-order valence-electron chi connectivity index (χ0n) is 11.9. The molecule has 0 aromatic heterocycles. The first kappa shape index (κ1) is 15.5. The molecular weight excluding hydrogens is 266 g/mol. The number of hydrogen-bond acceptors (Lipinski definition) is 3. The minimum atomic E-state index is -3.29. The maximum absolute atomic E-state index is 14.1. The highest BCUT2D eigenvalue weighted by molar-refractivity contribution is 7.54.